The Morgan fingerprint density at radius 3 is 2.74 bits per heavy atom. The van der Waals surface area contributed by atoms with Crippen molar-refractivity contribution in [2.24, 2.45) is 0 Å². The molecule has 2 heterocycles. The van der Waals surface area contributed by atoms with E-state index in [2.05, 4.69) is 31.9 Å². The number of halogens is 1. The molecule has 0 saturated heterocycles. The Bertz CT molecular complexity index is 1050. The van der Waals surface area contributed by atoms with E-state index in [-0.39, 0.29) is 5.82 Å². The molecule has 2 aromatic carbocycles. The van der Waals surface area contributed by atoms with Gasteiger partial charge in [0, 0.05) is 11.3 Å². The van der Waals surface area contributed by atoms with Gasteiger partial charge in [-0.1, -0.05) is 48.2 Å². The molecule has 0 unspecified atom stereocenters. The van der Waals surface area contributed by atoms with Crippen LogP contribution in [0, 0.1) is 12.7 Å². The Hall–Kier alpha value is -2.93. The maximum absolute atomic E-state index is 13.4. The summed E-state index contributed by atoms with van der Waals surface area (Å²) in [4.78, 5) is 4.45. The second kappa shape index (κ2) is 7.75. The van der Waals surface area contributed by atoms with Crippen LogP contribution >= 0.6 is 11.8 Å². The molecule has 4 aromatic rings. The van der Waals surface area contributed by atoms with Crippen molar-refractivity contribution in [1.82, 2.24) is 19.7 Å². The minimum absolute atomic E-state index is 0.314. The molecule has 0 spiro atoms. The van der Waals surface area contributed by atoms with Crippen LogP contribution in [0.2, 0.25) is 0 Å². The van der Waals surface area contributed by atoms with Crippen molar-refractivity contribution in [3.8, 4) is 11.5 Å². The minimum atomic E-state index is -0.314. The zero-order valence-corrected chi connectivity index (χ0v) is 15.5. The Labute approximate surface area is 160 Å². The number of nitrogens with zero attached hydrogens (tertiary/aromatic N) is 4. The van der Waals surface area contributed by atoms with Gasteiger partial charge >= 0.3 is 0 Å². The van der Waals surface area contributed by atoms with Crippen molar-refractivity contribution < 1.29 is 8.81 Å². The van der Waals surface area contributed by atoms with Gasteiger partial charge in [0.2, 0.25) is 5.89 Å². The van der Waals surface area contributed by atoms with Crippen molar-refractivity contribution in [2.45, 2.75) is 24.4 Å². The second-order valence-electron chi connectivity index (χ2n) is 6.04. The molecule has 136 valence electrons. The van der Waals surface area contributed by atoms with Crippen LogP contribution < -0.4 is 0 Å². The monoisotopic (exact) mass is 380 g/mol. The van der Waals surface area contributed by atoms with Gasteiger partial charge in [0.1, 0.15) is 17.9 Å². The first kappa shape index (κ1) is 17.5. The summed E-state index contributed by atoms with van der Waals surface area (Å²) in [5, 5.41) is 9.29. The van der Waals surface area contributed by atoms with Gasteiger partial charge in [-0.3, -0.25) is 0 Å². The van der Waals surface area contributed by atoms with Gasteiger partial charge < -0.3 is 8.98 Å². The van der Waals surface area contributed by atoms with Gasteiger partial charge in [0.25, 0.3) is 0 Å². The number of aryl methyl sites for hydroxylation is 1. The van der Waals surface area contributed by atoms with Crippen LogP contribution in [-0.2, 0) is 12.3 Å². The summed E-state index contributed by atoms with van der Waals surface area (Å²) in [5.74, 6) is 1.55. The smallest absolute Gasteiger partial charge is 0.226 e. The Balaban J connectivity index is 1.47. The fraction of sp³-hybridized carbons (Fsp3) is 0.150. The highest BCUT2D eigenvalue weighted by atomic mass is 32.2. The highest BCUT2D eigenvalue weighted by Crippen LogP contribution is 2.25. The summed E-state index contributed by atoms with van der Waals surface area (Å²) in [6.07, 6.45) is 1.60. The standard InChI is InChI=1S/C20H17FN4OS/c1-14-23-24-20(25(14)11-15-6-3-2-4-7-15)27-13-18-12-26-19(22-18)16-8-5-9-17(21)10-16/h2-10,12H,11,13H2,1H3. The molecule has 27 heavy (non-hydrogen) atoms. The van der Waals surface area contributed by atoms with Gasteiger partial charge in [-0.05, 0) is 30.7 Å². The van der Waals surface area contributed by atoms with Gasteiger partial charge in [-0.15, -0.1) is 10.2 Å². The van der Waals surface area contributed by atoms with Gasteiger partial charge in [0.15, 0.2) is 5.16 Å². The van der Waals surface area contributed by atoms with Gasteiger partial charge in [-0.25, -0.2) is 9.37 Å². The van der Waals surface area contributed by atoms with Crippen molar-refractivity contribution in [2.75, 3.05) is 0 Å². The predicted molar refractivity (Wildman–Crippen MR) is 102 cm³/mol. The van der Waals surface area contributed by atoms with E-state index in [0.29, 0.717) is 17.2 Å². The van der Waals surface area contributed by atoms with Crippen molar-refractivity contribution >= 4 is 11.8 Å². The Morgan fingerprint density at radius 2 is 1.93 bits per heavy atom. The third kappa shape index (κ3) is 4.09. The van der Waals surface area contributed by atoms with Crippen LogP contribution in [0.3, 0.4) is 0 Å². The molecular formula is C20H17FN4OS. The van der Waals surface area contributed by atoms with Crippen LogP contribution in [0.1, 0.15) is 17.1 Å². The molecule has 0 bridgehead atoms. The summed E-state index contributed by atoms with van der Waals surface area (Å²) < 4.78 is 20.9. The molecule has 0 amide bonds. The molecule has 4 rings (SSSR count). The lowest BCUT2D eigenvalue weighted by molar-refractivity contribution is 0.571. The number of hydrogen-bond donors (Lipinski definition) is 0. The SMILES string of the molecule is Cc1nnc(SCc2coc(-c3cccc(F)c3)n2)n1Cc1ccccc1. The van der Waals surface area contributed by atoms with Crippen LogP contribution in [0.15, 0.2) is 70.4 Å². The second-order valence-corrected chi connectivity index (χ2v) is 6.99. The average Bonchev–Trinajstić information content (AvgIpc) is 3.29. The molecule has 2 aromatic heterocycles. The first-order chi connectivity index (χ1) is 13.2. The largest absolute Gasteiger partial charge is 0.444 e. The summed E-state index contributed by atoms with van der Waals surface area (Å²) in [7, 11) is 0. The highest BCUT2D eigenvalue weighted by molar-refractivity contribution is 7.98. The van der Waals surface area contributed by atoms with E-state index in [9.17, 15) is 4.39 Å². The number of benzene rings is 2. The molecule has 0 radical (unpaired) electrons. The minimum Gasteiger partial charge on any atom is -0.444 e. The van der Waals surface area contributed by atoms with Gasteiger partial charge in [-0.2, -0.15) is 0 Å². The van der Waals surface area contributed by atoms with E-state index >= 15 is 0 Å². The normalized spacial score (nSPS) is 11.0. The summed E-state index contributed by atoms with van der Waals surface area (Å²) in [6, 6.07) is 16.4. The molecule has 0 aliphatic heterocycles. The summed E-state index contributed by atoms with van der Waals surface area (Å²) >= 11 is 1.54. The zero-order valence-electron chi connectivity index (χ0n) is 14.7. The lowest BCUT2D eigenvalue weighted by atomic mass is 10.2. The molecule has 0 N–H and O–H groups in total. The molecule has 0 saturated carbocycles. The zero-order chi connectivity index (χ0) is 18.6. The Morgan fingerprint density at radius 1 is 1.07 bits per heavy atom. The lowest BCUT2D eigenvalue weighted by Crippen LogP contribution is -2.03. The van der Waals surface area contributed by atoms with E-state index in [4.69, 9.17) is 4.42 Å². The molecular weight excluding hydrogens is 363 g/mol. The average molecular weight is 380 g/mol. The topological polar surface area (TPSA) is 56.7 Å². The third-order valence-electron chi connectivity index (χ3n) is 4.06. The number of hydrogen-bond acceptors (Lipinski definition) is 5. The quantitative estimate of drug-likeness (QED) is 0.453. The number of aromatic nitrogens is 4. The molecule has 7 heteroatoms. The molecule has 0 aliphatic rings. The number of rotatable bonds is 6. The first-order valence-electron chi connectivity index (χ1n) is 8.46. The molecule has 5 nitrogen and oxygen atoms in total. The highest BCUT2D eigenvalue weighted by Gasteiger charge is 2.13. The van der Waals surface area contributed by atoms with Crippen LogP contribution in [0.25, 0.3) is 11.5 Å². The van der Waals surface area contributed by atoms with Crippen molar-refractivity contribution in [1.29, 1.82) is 0 Å². The Kier molecular flexibility index (Phi) is 5.02. The van der Waals surface area contributed by atoms with Crippen LogP contribution in [-0.4, -0.2) is 19.7 Å². The van der Waals surface area contributed by atoms with E-state index < -0.39 is 0 Å². The van der Waals surface area contributed by atoms with Crippen LogP contribution in [0.5, 0.6) is 0 Å². The maximum Gasteiger partial charge on any atom is 0.226 e. The van der Waals surface area contributed by atoms with E-state index in [0.717, 1.165) is 23.2 Å². The molecule has 0 aliphatic carbocycles. The van der Waals surface area contributed by atoms with Crippen LogP contribution in [0.4, 0.5) is 4.39 Å². The predicted octanol–water partition coefficient (Wildman–Crippen LogP) is 4.72. The lowest BCUT2D eigenvalue weighted by Gasteiger charge is -2.07. The third-order valence-corrected chi connectivity index (χ3v) is 5.06. The molecule has 0 atom stereocenters. The first-order valence-corrected chi connectivity index (χ1v) is 9.44. The van der Waals surface area contributed by atoms with Gasteiger partial charge in [0.05, 0.1) is 12.2 Å². The number of thioether (sulfide) groups is 1. The number of oxazole rings is 1. The summed E-state index contributed by atoms with van der Waals surface area (Å²) in [6.45, 7) is 2.66. The maximum atomic E-state index is 13.4. The van der Waals surface area contributed by atoms with E-state index in [1.165, 1.54) is 17.7 Å². The molecule has 0 fully saturated rings. The van der Waals surface area contributed by atoms with Crippen molar-refractivity contribution in [3.05, 3.63) is 83.8 Å². The van der Waals surface area contributed by atoms with E-state index in [1.54, 1.807) is 30.2 Å². The van der Waals surface area contributed by atoms with E-state index in [1.807, 2.05) is 25.1 Å². The summed E-state index contributed by atoms with van der Waals surface area (Å²) in [5.41, 5.74) is 2.58. The van der Waals surface area contributed by atoms with Crippen molar-refractivity contribution in [3.63, 3.8) is 0 Å². The fourth-order valence-electron chi connectivity index (χ4n) is 2.68. The fourth-order valence-corrected chi connectivity index (χ4v) is 3.54.